The lowest BCUT2D eigenvalue weighted by atomic mass is 10.0. The molecule has 3 N–H and O–H groups in total. The molecule has 0 aliphatic carbocycles. The smallest absolute Gasteiger partial charge is 0.251 e. The normalized spacial score (nSPS) is 10.4. The second-order valence-electron chi connectivity index (χ2n) is 7.00. The van der Waals surface area contributed by atoms with Gasteiger partial charge in [-0.2, -0.15) is 0 Å². The highest BCUT2D eigenvalue weighted by Crippen LogP contribution is 2.19. The van der Waals surface area contributed by atoms with Crippen molar-refractivity contribution in [1.82, 2.24) is 10.6 Å². The fourth-order valence-corrected chi connectivity index (χ4v) is 3.37. The zero-order valence-electron chi connectivity index (χ0n) is 16.9. The van der Waals surface area contributed by atoms with Crippen LogP contribution in [0, 0.1) is 0 Å². The summed E-state index contributed by atoms with van der Waals surface area (Å²) in [6.45, 7) is 2.75. The second kappa shape index (κ2) is 10.5. The summed E-state index contributed by atoms with van der Waals surface area (Å²) in [7, 11) is 0. The van der Waals surface area contributed by atoms with Crippen molar-refractivity contribution in [2.75, 3.05) is 11.9 Å². The first kappa shape index (κ1) is 21.5. The summed E-state index contributed by atoms with van der Waals surface area (Å²) in [5, 5.41) is 11.0. The standard InChI is InChI=1S/C24H25N3O2S/c1-2-3-15-25-23(29)18-11-13-20(14-12-18)26-24(30)27-22(28)16-19-9-6-8-17-7-4-5-10-21(17)19/h4-14H,2-3,15-16H2,1H3,(H,25,29)(H2,26,27,28,30). The largest absolute Gasteiger partial charge is 0.352 e. The molecule has 0 aromatic heterocycles. The first-order valence-corrected chi connectivity index (χ1v) is 10.4. The van der Waals surface area contributed by atoms with Gasteiger partial charge in [0.1, 0.15) is 0 Å². The van der Waals surface area contributed by atoms with Gasteiger partial charge in [-0.15, -0.1) is 0 Å². The van der Waals surface area contributed by atoms with Crippen LogP contribution in [-0.2, 0) is 11.2 Å². The Morgan fingerprint density at radius 2 is 1.67 bits per heavy atom. The molecule has 0 bridgehead atoms. The number of hydrogen-bond donors (Lipinski definition) is 3. The van der Waals surface area contributed by atoms with E-state index in [1.807, 2.05) is 42.5 Å². The van der Waals surface area contributed by atoms with Gasteiger partial charge in [0.25, 0.3) is 5.91 Å². The topological polar surface area (TPSA) is 70.2 Å². The number of hydrogen-bond acceptors (Lipinski definition) is 3. The van der Waals surface area contributed by atoms with Crippen molar-refractivity contribution in [2.45, 2.75) is 26.2 Å². The fourth-order valence-electron chi connectivity index (χ4n) is 3.14. The number of anilines is 1. The third-order valence-corrected chi connectivity index (χ3v) is 4.91. The summed E-state index contributed by atoms with van der Waals surface area (Å²) < 4.78 is 0. The number of rotatable bonds is 7. The molecule has 0 aliphatic rings. The van der Waals surface area contributed by atoms with E-state index in [0.717, 1.165) is 29.2 Å². The number of benzene rings is 3. The molecule has 5 nitrogen and oxygen atoms in total. The Balaban J connectivity index is 1.53. The third kappa shape index (κ3) is 5.87. The van der Waals surface area contributed by atoms with Crippen LogP contribution in [0.1, 0.15) is 35.7 Å². The van der Waals surface area contributed by atoms with Gasteiger partial charge in [-0.1, -0.05) is 55.8 Å². The van der Waals surface area contributed by atoms with Crippen molar-refractivity contribution in [1.29, 1.82) is 0 Å². The molecule has 0 radical (unpaired) electrons. The molecule has 6 heteroatoms. The third-order valence-electron chi connectivity index (χ3n) is 4.70. The van der Waals surface area contributed by atoms with Crippen molar-refractivity contribution in [3.8, 4) is 0 Å². The van der Waals surface area contributed by atoms with Gasteiger partial charge in [0.15, 0.2) is 5.11 Å². The Morgan fingerprint density at radius 1 is 0.933 bits per heavy atom. The van der Waals surface area contributed by atoms with E-state index in [0.29, 0.717) is 17.8 Å². The Hall–Kier alpha value is -3.25. The monoisotopic (exact) mass is 419 g/mol. The quantitative estimate of drug-likeness (QED) is 0.392. The molecule has 0 atom stereocenters. The zero-order chi connectivity index (χ0) is 21.3. The molecule has 30 heavy (non-hydrogen) atoms. The van der Waals surface area contributed by atoms with Crippen LogP contribution in [0.3, 0.4) is 0 Å². The Kier molecular flexibility index (Phi) is 7.51. The lowest BCUT2D eigenvalue weighted by molar-refractivity contribution is -0.119. The second-order valence-corrected chi connectivity index (χ2v) is 7.41. The average Bonchev–Trinajstić information content (AvgIpc) is 2.74. The van der Waals surface area contributed by atoms with Gasteiger partial charge in [0.2, 0.25) is 5.91 Å². The Labute approximate surface area is 181 Å². The van der Waals surface area contributed by atoms with Gasteiger partial charge < -0.3 is 16.0 Å². The summed E-state index contributed by atoms with van der Waals surface area (Å²) in [6.07, 6.45) is 2.23. The Bertz CT molecular complexity index is 1040. The van der Waals surface area contributed by atoms with Crippen molar-refractivity contribution in [3.05, 3.63) is 77.9 Å². The minimum atomic E-state index is -0.184. The number of fused-ring (bicyclic) bond motifs is 1. The minimum Gasteiger partial charge on any atom is -0.352 e. The first-order valence-electron chi connectivity index (χ1n) is 10.0. The van der Waals surface area contributed by atoms with E-state index in [9.17, 15) is 9.59 Å². The predicted molar refractivity (Wildman–Crippen MR) is 126 cm³/mol. The van der Waals surface area contributed by atoms with Gasteiger partial charge in [-0.05, 0) is 59.2 Å². The van der Waals surface area contributed by atoms with Crippen LogP contribution in [0.4, 0.5) is 5.69 Å². The fraction of sp³-hybridized carbons (Fsp3) is 0.208. The molecule has 0 aliphatic heterocycles. The average molecular weight is 420 g/mol. The van der Waals surface area contributed by atoms with E-state index in [1.54, 1.807) is 24.3 Å². The van der Waals surface area contributed by atoms with Gasteiger partial charge in [-0.3, -0.25) is 9.59 Å². The van der Waals surface area contributed by atoms with Crippen LogP contribution in [0.15, 0.2) is 66.7 Å². The highest BCUT2D eigenvalue weighted by atomic mass is 32.1. The van der Waals surface area contributed by atoms with Crippen molar-refractivity contribution >= 4 is 45.6 Å². The Morgan fingerprint density at radius 3 is 2.43 bits per heavy atom. The van der Waals surface area contributed by atoms with Crippen LogP contribution in [0.5, 0.6) is 0 Å². The van der Waals surface area contributed by atoms with Crippen molar-refractivity contribution < 1.29 is 9.59 Å². The van der Waals surface area contributed by atoms with E-state index in [2.05, 4.69) is 22.9 Å². The van der Waals surface area contributed by atoms with Gasteiger partial charge in [-0.25, -0.2) is 0 Å². The maximum absolute atomic E-state index is 12.4. The SMILES string of the molecule is CCCCNC(=O)c1ccc(NC(=S)NC(=O)Cc2cccc3ccccc23)cc1. The van der Waals surface area contributed by atoms with E-state index < -0.39 is 0 Å². The molecular formula is C24H25N3O2S. The zero-order valence-corrected chi connectivity index (χ0v) is 17.7. The summed E-state index contributed by atoms with van der Waals surface area (Å²) in [4.78, 5) is 24.5. The predicted octanol–water partition coefficient (Wildman–Crippen LogP) is 4.43. The van der Waals surface area contributed by atoms with E-state index >= 15 is 0 Å². The van der Waals surface area contributed by atoms with Crippen LogP contribution in [0.25, 0.3) is 10.8 Å². The minimum absolute atomic E-state index is 0.0963. The number of unbranched alkanes of at least 4 members (excludes halogenated alkanes) is 1. The first-order chi connectivity index (χ1) is 14.6. The molecule has 3 aromatic rings. The number of thiocarbonyl (C=S) groups is 1. The number of nitrogens with one attached hydrogen (secondary N) is 3. The summed E-state index contributed by atoms with van der Waals surface area (Å²) in [5.41, 5.74) is 2.24. The molecule has 154 valence electrons. The van der Waals surface area contributed by atoms with Gasteiger partial charge in [0, 0.05) is 17.8 Å². The summed E-state index contributed by atoms with van der Waals surface area (Å²) >= 11 is 5.26. The molecule has 3 aromatic carbocycles. The van der Waals surface area contributed by atoms with E-state index in [-0.39, 0.29) is 23.3 Å². The molecule has 0 unspecified atom stereocenters. The van der Waals surface area contributed by atoms with Gasteiger partial charge in [0.05, 0.1) is 6.42 Å². The van der Waals surface area contributed by atoms with Crippen LogP contribution >= 0.6 is 12.2 Å². The van der Waals surface area contributed by atoms with Crippen molar-refractivity contribution in [2.24, 2.45) is 0 Å². The van der Waals surface area contributed by atoms with Crippen molar-refractivity contribution in [3.63, 3.8) is 0 Å². The molecular weight excluding hydrogens is 394 g/mol. The lowest BCUT2D eigenvalue weighted by Gasteiger charge is -2.11. The maximum Gasteiger partial charge on any atom is 0.251 e. The molecule has 3 rings (SSSR count). The number of carbonyl (C=O) groups excluding carboxylic acids is 2. The molecule has 0 saturated carbocycles. The van der Waals surface area contributed by atoms with Crippen LogP contribution in [-0.4, -0.2) is 23.5 Å². The molecule has 0 fully saturated rings. The van der Waals surface area contributed by atoms with Crippen LogP contribution < -0.4 is 16.0 Å². The number of carbonyl (C=O) groups is 2. The lowest BCUT2D eigenvalue weighted by Crippen LogP contribution is -2.35. The molecule has 0 heterocycles. The summed E-state index contributed by atoms with van der Waals surface area (Å²) in [6, 6.07) is 20.9. The molecule has 2 amide bonds. The van der Waals surface area contributed by atoms with Crippen LogP contribution in [0.2, 0.25) is 0 Å². The number of amides is 2. The highest BCUT2D eigenvalue weighted by molar-refractivity contribution is 7.80. The molecule has 0 saturated heterocycles. The van der Waals surface area contributed by atoms with E-state index in [4.69, 9.17) is 12.2 Å². The highest BCUT2D eigenvalue weighted by Gasteiger charge is 2.10. The van der Waals surface area contributed by atoms with Gasteiger partial charge >= 0.3 is 0 Å². The maximum atomic E-state index is 12.4. The molecule has 0 spiro atoms. The van der Waals surface area contributed by atoms with E-state index in [1.165, 1.54) is 0 Å². The summed E-state index contributed by atoms with van der Waals surface area (Å²) in [5.74, 6) is -0.281.